The Morgan fingerprint density at radius 3 is 2.38 bits per heavy atom. The smallest absolute Gasteiger partial charge is 0.337 e. The van der Waals surface area contributed by atoms with Crippen LogP contribution in [0.25, 0.3) is 0 Å². The second-order valence-corrected chi connectivity index (χ2v) is 6.57. The van der Waals surface area contributed by atoms with Crippen molar-refractivity contribution in [3.8, 4) is 5.75 Å². The molecule has 0 radical (unpaired) electrons. The van der Waals surface area contributed by atoms with Crippen LogP contribution in [-0.2, 0) is 19.1 Å². The van der Waals surface area contributed by atoms with E-state index in [9.17, 15) is 19.2 Å². The number of benzene rings is 1. The number of imide groups is 1. The van der Waals surface area contributed by atoms with Crippen LogP contribution in [0, 0.1) is 11.8 Å². The second-order valence-electron chi connectivity index (χ2n) is 6.57. The van der Waals surface area contributed by atoms with E-state index in [4.69, 9.17) is 4.74 Å². The van der Waals surface area contributed by atoms with Crippen LogP contribution in [0.5, 0.6) is 5.75 Å². The predicted octanol–water partition coefficient (Wildman–Crippen LogP) is 1.94. The van der Waals surface area contributed by atoms with Crippen molar-refractivity contribution in [2.24, 2.45) is 11.8 Å². The van der Waals surface area contributed by atoms with E-state index in [1.165, 1.54) is 18.1 Å². The lowest BCUT2D eigenvalue weighted by Crippen LogP contribution is -2.33. The maximum atomic E-state index is 12.4. The number of rotatable bonds is 5. The Morgan fingerprint density at radius 2 is 1.77 bits per heavy atom. The van der Waals surface area contributed by atoms with Gasteiger partial charge in [-0.05, 0) is 31.0 Å². The Labute approximate surface area is 151 Å². The van der Waals surface area contributed by atoms with Gasteiger partial charge in [0.2, 0.25) is 11.8 Å². The van der Waals surface area contributed by atoms with E-state index in [1.807, 2.05) is 0 Å². The molecule has 1 heterocycles. The highest BCUT2D eigenvalue weighted by atomic mass is 16.5. The molecule has 3 rings (SSSR count). The quantitative estimate of drug-likeness (QED) is 0.453. The maximum Gasteiger partial charge on any atom is 0.337 e. The lowest BCUT2D eigenvalue weighted by Gasteiger charge is -2.19. The Morgan fingerprint density at radius 1 is 1.12 bits per heavy atom. The van der Waals surface area contributed by atoms with Gasteiger partial charge in [0.1, 0.15) is 5.75 Å². The third-order valence-electron chi connectivity index (χ3n) is 4.96. The SMILES string of the molecule is COC(=O)c1cccc(OC(=O)CCN2C(=O)[C@@H]3CCCC[C@H]3C2=O)c1. The summed E-state index contributed by atoms with van der Waals surface area (Å²) in [5.74, 6) is -1.65. The van der Waals surface area contributed by atoms with Gasteiger partial charge in [0.25, 0.3) is 0 Å². The van der Waals surface area contributed by atoms with Crippen molar-refractivity contribution >= 4 is 23.8 Å². The van der Waals surface area contributed by atoms with E-state index >= 15 is 0 Å². The first-order chi connectivity index (χ1) is 12.5. The third-order valence-corrected chi connectivity index (χ3v) is 4.96. The third kappa shape index (κ3) is 3.61. The largest absolute Gasteiger partial charge is 0.465 e. The second kappa shape index (κ2) is 7.68. The maximum absolute atomic E-state index is 12.4. The fourth-order valence-corrected chi connectivity index (χ4v) is 3.64. The molecule has 0 bridgehead atoms. The van der Waals surface area contributed by atoms with Gasteiger partial charge in [0, 0.05) is 6.54 Å². The number of likely N-dealkylation sites (tertiary alicyclic amines) is 1. The highest BCUT2D eigenvalue weighted by Crippen LogP contribution is 2.37. The zero-order chi connectivity index (χ0) is 18.7. The summed E-state index contributed by atoms with van der Waals surface area (Å²) in [7, 11) is 1.27. The van der Waals surface area contributed by atoms with E-state index in [1.54, 1.807) is 18.2 Å². The summed E-state index contributed by atoms with van der Waals surface area (Å²) in [6, 6.07) is 6.08. The summed E-state index contributed by atoms with van der Waals surface area (Å²) < 4.78 is 9.82. The summed E-state index contributed by atoms with van der Waals surface area (Å²) in [6.07, 6.45) is 3.34. The van der Waals surface area contributed by atoms with Crippen LogP contribution in [0.3, 0.4) is 0 Å². The van der Waals surface area contributed by atoms with Crippen LogP contribution in [0.1, 0.15) is 42.5 Å². The van der Waals surface area contributed by atoms with Gasteiger partial charge in [0.05, 0.1) is 30.9 Å². The molecular weight excluding hydrogens is 338 g/mol. The molecule has 1 aliphatic heterocycles. The molecule has 1 aromatic rings. The number of ether oxygens (including phenoxy) is 2. The molecule has 2 fully saturated rings. The summed E-state index contributed by atoms with van der Waals surface area (Å²) in [5.41, 5.74) is 0.270. The van der Waals surface area contributed by atoms with Crippen molar-refractivity contribution in [1.82, 2.24) is 4.90 Å². The Balaban J connectivity index is 1.57. The van der Waals surface area contributed by atoms with Crippen LogP contribution in [0.4, 0.5) is 0 Å². The molecule has 26 heavy (non-hydrogen) atoms. The first-order valence-electron chi connectivity index (χ1n) is 8.75. The fourth-order valence-electron chi connectivity index (χ4n) is 3.64. The lowest BCUT2D eigenvalue weighted by molar-refractivity contribution is -0.141. The van der Waals surface area contributed by atoms with Gasteiger partial charge in [-0.3, -0.25) is 19.3 Å². The molecule has 7 nitrogen and oxygen atoms in total. The minimum absolute atomic E-state index is 0.0280. The average Bonchev–Trinajstić information content (AvgIpc) is 2.90. The van der Waals surface area contributed by atoms with Crippen molar-refractivity contribution in [2.45, 2.75) is 32.1 Å². The molecular formula is C19H21NO6. The van der Waals surface area contributed by atoms with Gasteiger partial charge in [-0.1, -0.05) is 18.9 Å². The monoisotopic (exact) mass is 359 g/mol. The van der Waals surface area contributed by atoms with E-state index in [0.29, 0.717) is 0 Å². The average molecular weight is 359 g/mol. The fraction of sp³-hybridized carbons (Fsp3) is 0.474. The van der Waals surface area contributed by atoms with Crippen LogP contribution < -0.4 is 4.74 Å². The molecule has 2 amide bonds. The molecule has 0 unspecified atom stereocenters. The first kappa shape index (κ1) is 18.1. The molecule has 1 aliphatic carbocycles. The molecule has 2 atom stereocenters. The van der Waals surface area contributed by atoms with Gasteiger partial charge >= 0.3 is 11.9 Å². The summed E-state index contributed by atoms with van der Waals surface area (Å²) in [5, 5.41) is 0. The Bertz CT molecular complexity index is 719. The first-order valence-corrected chi connectivity index (χ1v) is 8.75. The molecule has 1 saturated heterocycles. The number of carbonyl (C=O) groups excluding carboxylic acids is 4. The topological polar surface area (TPSA) is 90.0 Å². The van der Waals surface area contributed by atoms with Crippen molar-refractivity contribution < 1.29 is 28.7 Å². The van der Waals surface area contributed by atoms with E-state index in [2.05, 4.69) is 4.74 Å². The zero-order valence-corrected chi connectivity index (χ0v) is 14.6. The number of nitrogens with zero attached hydrogens (tertiary/aromatic N) is 1. The lowest BCUT2D eigenvalue weighted by atomic mass is 9.81. The molecule has 138 valence electrons. The van der Waals surface area contributed by atoms with E-state index < -0.39 is 11.9 Å². The van der Waals surface area contributed by atoms with E-state index in [-0.39, 0.29) is 47.9 Å². The summed E-state index contributed by atoms with van der Waals surface area (Å²) in [6.45, 7) is 0.0280. The Kier molecular flexibility index (Phi) is 5.35. The number of amides is 2. The van der Waals surface area contributed by atoms with Gasteiger partial charge in [-0.25, -0.2) is 4.79 Å². The number of methoxy groups -OCH3 is 1. The number of hydrogen-bond donors (Lipinski definition) is 0. The van der Waals surface area contributed by atoms with Crippen molar-refractivity contribution in [1.29, 1.82) is 0 Å². The van der Waals surface area contributed by atoms with Crippen molar-refractivity contribution in [2.75, 3.05) is 13.7 Å². The van der Waals surface area contributed by atoms with Gasteiger partial charge in [-0.2, -0.15) is 0 Å². The highest BCUT2D eigenvalue weighted by molar-refractivity contribution is 6.05. The number of hydrogen-bond acceptors (Lipinski definition) is 6. The number of fused-ring (bicyclic) bond motifs is 1. The normalized spacial score (nSPS) is 22.1. The van der Waals surface area contributed by atoms with Gasteiger partial charge < -0.3 is 9.47 Å². The molecule has 0 spiro atoms. The molecule has 0 aromatic heterocycles. The molecule has 0 N–H and O–H groups in total. The summed E-state index contributed by atoms with van der Waals surface area (Å²) in [4.78, 5) is 49.5. The van der Waals surface area contributed by atoms with Crippen LogP contribution in [0.15, 0.2) is 24.3 Å². The standard InChI is InChI=1S/C19H21NO6/c1-25-19(24)12-5-4-6-13(11-12)26-16(21)9-10-20-17(22)14-7-2-3-8-15(14)18(20)23/h4-6,11,14-15H,2-3,7-10H2,1H3/t14-,15-/m1/s1. The predicted molar refractivity (Wildman–Crippen MR) is 90.2 cm³/mol. The van der Waals surface area contributed by atoms with E-state index in [0.717, 1.165) is 25.7 Å². The zero-order valence-electron chi connectivity index (χ0n) is 14.6. The minimum atomic E-state index is -0.567. The highest BCUT2D eigenvalue weighted by Gasteiger charge is 2.47. The van der Waals surface area contributed by atoms with Gasteiger partial charge in [-0.15, -0.1) is 0 Å². The van der Waals surface area contributed by atoms with Crippen molar-refractivity contribution in [3.63, 3.8) is 0 Å². The minimum Gasteiger partial charge on any atom is -0.465 e. The molecule has 1 aromatic carbocycles. The van der Waals surface area contributed by atoms with Crippen LogP contribution >= 0.6 is 0 Å². The van der Waals surface area contributed by atoms with Crippen molar-refractivity contribution in [3.05, 3.63) is 29.8 Å². The van der Waals surface area contributed by atoms with Gasteiger partial charge in [0.15, 0.2) is 0 Å². The van der Waals surface area contributed by atoms with Crippen LogP contribution in [0.2, 0.25) is 0 Å². The number of esters is 2. The molecule has 1 saturated carbocycles. The molecule has 7 heteroatoms. The summed E-state index contributed by atoms with van der Waals surface area (Å²) >= 11 is 0. The molecule has 2 aliphatic rings. The van der Waals surface area contributed by atoms with Crippen LogP contribution in [-0.4, -0.2) is 42.3 Å². The number of carbonyl (C=O) groups is 4. The Hall–Kier alpha value is -2.70.